The Morgan fingerprint density at radius 3 is 1.32 bits per heavy atom. The Morgan fingerprint density at radius 1 is 0.684 bits per heavy atom. The Bertz CT molecular complexity index is 495. The van der Waals surface area contributed by atoms with Gasteiger partial charge in [0.25, 0.3) is 0 Å². The summed E-state index contributed by atoms with van der Waals surface area (Å²) >= 11 is 0. The Kier molecular flexibility index (Phi) is 3.14. The van der Waals surface area contributed by atoms with E-state index in [1.165, 1.54) is 19.0 Å². The Hall–Kier alpha value is -2.75. The summed E-state index contributed by atoms with van der Waals surface area (Å²) in [5.74, 6) is 0. The molecule has 3 aromatic heterocycles. The van der Waals surface area contributed by atoms with Gasteiger partial charge in [-0.2, -0.15) is 30.2 Å². The van der Waals surface area contributed by atoms with Gasteiger partial charge in [0, 0.05) is 0 Å². The van der Waals surface area contributed by atoms with Crippen LogP contribution in [-0.2, 0) is 0 Å². The summed E-state index contributed by atoms with van der Waals surface area (Å²) in [4.78, 5) is 11.4. The van der Waals surface area contributed by atoms with E-state index in [0.29, 0.717) is 0 Å². The van der Waals surface area contributed by atoms with Gasteiger partial charge in [0.2, 0.25) is 0 Å². The van der Waals surface area contributed by atoms with Crippen molar-refractivity contribution >= 4 is 8.60 Å². The molecule has 12 nitrogen and oxygen atoms in total. The van der Waals surface area contributed by atoms with Gasteiger partial charge in [-0.15, -0.1) is 0 Å². The highest BCUT2D eigenvalue weighted by atomic mass is 31.2. The van der Waals surface area contributed by atoms with Crippen LogP contribution >= 0.6 is 8.60 Å². The van der Waals surface area contributed by atoms with Crippen molar-refractivity contribution < 1.29 is 13.6 Å². The Balaban J connectivity index is 1.70. The third-order valence-corrected chi connectivity index (χ3v) is 2.63. The topological polar surface area (TPSA) is 152 Å². The van der Waals surface area contributed by atoms with E-state index in [4.69, 9.17) is 13.6 Å². The molecule has 3 aromatic rings. The van der Waals surface area contributed by atoms with Gasteiger partial charge in [0.05, 0.1) is 0 Å². The molecule has 0 atom stereocenters. The summed E-state index contributed by atoms with van der Waals surface area (Å²) in [5, 5.41) is 18.4. The molecule has 3 rings (SSSR count). The third kappa shape index (κ3) is 2.93. The predicted octanol–water partition coefficient (Wildman–Crippen LogP) is -0.195. The van der Waals surface area contributed by atoms with Crippen molar-refractivity contribution in [2.75, 3.05) is 0 Å². The maximum absolute atomic E-state index is 5.32. The molecule has 0 aliphatic carbocycles. The second-order valence-electron chi connectivity index (χ2n) is 2.87. The van der Waals surface area contributed by atoms with Gasteiger partial charge in [0.15, 0.2) is 0 Å². The number of aromatic amines is 3. The van der Waals surface area contributed by atoms with Gasteiger partial charge >= 0.3 is 26.6 Å². The first kappa shape index (κ1) is 11.3. The van der Waals surface area contributed by atoms with Crippen LogP contribution in [0.5, 0.6) is 18.0 Å². The van der Waals surface area contributed by atoms with Crippen molar-refractivity contribution in [3.8, 4) is 18.0 Å². The van der Waals surface area contributed by atoms with Crippen LogP contribution in [0.4, 0.5) is 0 Å². The zero-order valence-electron chi connectivity index (χ0n) is 9.09. The molecule has 0 unspecified atom stereocenters. The lowest BCUT2D eigenvalue weighted by molar-refractivity contribution is 0.354. The molecular formula is C6H6N9O3P. The smallest absolute Gasteiger partial charge is 0.373 e. The number of rotatable bonds is 6. The lowest BCUT2D eigenvalue weighted by atomic mass is 11.2. The minimum Gasteiger partial charge on any atom is -0.373 e. The van der Waals surface area contributed by atoms with Crippen molar-refractivity contribution in [1.29, 1.82) is 0 Å². The SMILES string of the molecule is c1n[nH]c(OP(Oc2ncn[nH]2)Oc2ncn[nH]2)n1. The van der Waals surface area contributed by atoms with E-state index in [1.807, 2.05) is 0 Å². The zero-order chi connectivity index (χ0) is 12.9. The number of hydrogen-bond acceptors (Lipinski definition) is 9. The first-order chi connectivity index (χ1) is 9.40. The van der Waals surface area contributed by atoms with E-state index in [0.717, 1.165) is 0 Å². The van der Waals surface area contributed by atoms with Crippen molar-refractivity contribution in [2.24, 2.45) is 0 Å². The van der Waals surface area contributed by atoms with Crippen molar-refractivity contribution in [3.63, 3.8) is 0 Å². The normalized spacial score (nSPS) is 10.6. The van der Waals surface area contributed by atoms with Crippen molar-refractivity contribution in [2.45, 2.75) is 0 Å². The lowest BCUT2D eigenvalue weighted by Crippen LogP contribution is -2.04. The highest BCUT2D eigenvalue weighted by molar-refractivity contribution is 7.43. The molecule has 0 aliphatic heterocycles. The summed E-state index contributed by atoms with van der Waals surface area (Å²) in [7, 11) is -1.91. The molecule has 0 bridgehead atoms. The molecule has 19 heavy (non-hydrogen) atoms. The fraction of sp³-hybridized carbons (Fsp3) is 0. The van der Waals surface area contributed by atoms with Crippen LogP contribution in [0.25, 0.3) is 0 Å². The molecule has 0 saturated carbocycles. The molecule has 13 heteroatoms. The first-order valence-electron chi connectivity index (χ1n) is 4.80. The molecular weight excluding hydrogens is 277 g/mol. The summed E-state index contributed by atoms with van der Waals surface area (Å²) in [6.07, 6.45) is 3.85. The standard InChI is InChI=1S/C6H6N9O3P/c1-7-4(13-10-1)16-19(17-5-8-2-11-14-5)18-6-9-3-12-15-6/h1-3H,(H,7,10,13)(H,8,11,14)(H,9,12,15). The number of H-pyrrole nitrogens is 3. The minimum absolute atomic E-state index is 0.130. The van der Waals surface area contributed by atoms with Crippen LogP contribution in [0, 0.1) is 0 Å². The lowest BCUT2D eigenvalue weighted by Gasteiger charge is -2.11. The highest BCUT2D eigenvalue weighted by Gasteiger charge is 2.23. The van der Waals surface area contributed by atoms with Crippen molar-refractivity contribution in [1.82, 2.24) is 45.5 Å². The second-order valence-corrected chi connectivity index (χ2v) is 3.86. The quantitative estimate of drug-likeness (QED) is 0.522. The summed E-state index contributed by atoms with van der Waals surface area (Å²) in [6, 6.07) is 0.389. The Labute approximate surface area is 105 Å². The summed E-state index contributed by atoms with van der Waals surface area (Å²) in [5.41, 5.74) is 0. The maximum atomic E-state index is 5.32. The van der Waals surface area contributed by atoms with Crippen LogP contribution in [0.15, 0.2) is 19.0 Å². The molecule has 0 spiro atoms. The van der Waals surface area contributed by atoms with Crippen LogP contribution in [0.1, 0.15) is 0 Å². The average Bonchev–Trinajstić information content (AvgIpc) is 3.10. The number of aromatic nitrogens is 9. The summed E-state index contributed by atoms with van der Waals surface area (Å²) < 4.78 is 16.0. The van der Waals surface area contributed by atoms with Gasteiger partial charge in [0.1, 0.15) is 19.0 Å². The predicted molar refractivity (Wildman–Crippen MR) is 58.0 cm³/mol. The molecule has 0 aliphatic rings. The fourth-order valence-electron chi connectivity index (χ4n) is 0.982. The maximum Gasteiger partial charge on any atom is 0.537 e. The van der Waals surface area contributed by atoms with E-state index in [-0.39, 0.29) is 18.0 Å². The molecule has 3 heterocycles. The highest BCUT2D eigenvalue weighted by Crippen LogP contribution is 2.38. The molecule has 0 fully saturated rings. The second kappa shape index (κ2) is 5.27. The molecule has 0 aromatic carbocycles. The first-order valence-corrected chi connectivity index (χ1v) is 5.90. The number of hydrogen-bond donors (Lipinski definition) is 3. The molecule has 3 N–H and O–H groups in total. The van der Waals surface area contributed by atoms with Gasteiger partial charge in [-0.1, -0.05) is 0 Å². The van der Waals surface area contributed by atoms with Crippen LogP contribution in [0.3, 0.4) is 0 Å². The van der Waals surface area contributed by atoms with E-state index < -0.39 is 8.60 Å². The van der Waals surface area contributed by atoms with Crippen LogP contribution in [-0.4, -0.2) is 45.5 Å². The van der Waals surface area contributed by atoms with Gasteiger partial charge in [-0.3, -0.25) is 0 Å². The van der Waals surface area contributed by atoms with Crippen LogP contribution in [0.2, 0.25) is 0 Å². The largest absolute Gasteiger partial charge is 0.537 e. The number of nitrogens with one attached hydrogen (secondary N) is 3. The van der Waals surface area contributed by atoms with Gasteiger partial charge < -0.3 is 13.6 Å². The minimum atomic E-state index is -1.91. The van der Waals surface area contributed by atoms with E-state index in [1.54, 1.807) is 0 Å². The summed E-state index contributed by atoms with van der Waals surface area (Å²) in [6.45, 7) is 0. The van der Waals surface area contributed by atoms with Crippen LogP contribution < -0.4 is 13.6 Å². The Morgan fingerprint density at radius 2 is 1.05 bits per heavy atom. The van der Waals surface area contributed by atoms with Crippen molar-refractivity contribution in [3.05, 3.63) is 19.0 Å². The van der Waals surface area contributed by atoms with E-state index in [2.05, 4.69) is 45.5 Å². The fourth-order valence-corrected chi connectivity index (χ4v) is 1.78. The van der Waals surface area contributed by atoms with E-state index >= 15 is 0 Å². The molecule has 0 saturated heterocycles. The third-order valence-electron chi connectivity index (χ3n) is 1.66. The van der Waals surface area contributed by atoms with Gasteiger partial charge in [-0.25, -0.2) is 15.3 Å². The van der Waals surface area contributed by atoms with Gasteiger partial charge in [-0.05, 0) is 0 Å². The van der Waals surface area contributed by atoms with E-state index in [9.17, 15) is 0 Å². The molecule has 0 amide bonds. The molecule has 0 radical (unpaired) electrons. The zero-order valence-corrected chi connectivity index (χ0v) is 9.98. The monoisotopic (exact) mass is 283 g/mol. The number of nitrogens with zero attached hydrogens (tertiary/aromatic N) is 6. The molecule has 98 valence electrons. The average molecular weight is 283 g/mol.